The number of ether oxygens (including phenoxy) is 1. The molecule has 0 spiro atoms. The lowest BCUT2D eigenvalue weighted by molar-refractivity contribution is 0.112. The number of hydrogen-bond acceptors (Lipinski definition) is 1. The summed E-state index contributed by atoms with van der Waals surface area (Å²) < 4.78 is 34.5. The molecule has 1 atom stereocenters. The van der Waals surface area contributed by atoms with Crippen LogP contribution in [0.25, 0.3) is 22.0 Å². The van der Waals surface area contributed by atoms with Crippen molar-refractivity contribution in [2.45, 2.75) is 18.9 Å². The Morgan fingerprint density at radius 2 is 1.91 bits per heavy atom. The molecule has 22 heavy (non-hydrogen) atoms. The average molecular weight is 299 g/mol. The minimum Gasteiger partial charge on any atom is -0.374 e. The zero-order chi connectivity index (χ0) is 15.1. The molecule has 2 heterocycles. The van der Waals surface area contributed by atoms with Gasteiger partial charge in [0.25, 0.3) is 0 Å². The maximum atomic E-state index is 14.6. The van der Waals surface area contributed by atoms with E-state index in [4.69, 9.17) is 4.74 Å². The van der Waals surface area contributed by atoms with Crippen LogP contribution < -0.4 is 0 Å². The fraction of sp³-hybridized carbons (Fsp3) is 0.222. The molecule has 1 aliphatic heterocycles. The van der Waals surface area contributed by atoms with Crippen LogP contribution in [-0.4, -0.2) is 11.6 Å². The number of aromatic amines is 1. The highest BCUT2D eigenvalue weighted by Crippen LogP contribution is 2.34. The Balaban J connectivity index is 1.78. The van der Waals surface area contributed by atoms with Gasteiger partial charge in [0, 0.05) is 18.2 Å². The van der Waals surface area contributed by atoms with E-state index in [9.17, 15) is 8.78 Å². The summed E-state index contributed by atoms with van der Waals surface area (Å²) in [4.78, 5) is 2.83. The Kier molecular flexibility index (Phi) is 3.19. The molecule has 2 nitrogen and oxygen atoms in total. The molecule has 1 aliphatic rings. The highest BCUT2D eigenvalue weighted by molar-refractivity contribution is 5.86. The summed E-state index contributed by atoms with van der Waals surface area (Å²) in [5.74, 6) is -1.08. The molecule has 3 aromatic rings. The van der Waals surface area contributed by atoms with E-state index in [2.05, 4.69) is 4.98 Å². The van der Waals surface area contributed by atoms with Crippen molar-refractivity contribution in [1.82, 2.24) is 4.98 Å². The first-order valence-corrected chi connectivity index (χ1v) is 7.41. The topological polar surface area (TPSA) is 25.0 Å². The molecule has 0 amide bonds. The number of benzene rings is 2. The summed E-state index contributed by atoms with van der Waals surface area (Å²) in [6, 6.07) is 10.3. The first kappa shape index (κ1) is 13.5. The Morgan fingerprint density at radius 1 is 1.09 bits per heavy atom. The van der Waals surface area contributed by atoms with Crippen molar-refractivity contribution in [1.29, 1.82) is 0 Å². The molecular weight excluding hydrogens is 284 g/mol. The van der Waals surface area contributed by atoms with E-state index in [1.165, 1.54) is 6.07 Å². The Morgan fingerprint density at radius 3 is 2.64 bits per heavy atom. The molecule has 4 heteroatoms. The maximum Gasteiger partial charge on any atom is 0.143 e. The number of aromatic nitrogens is 1. The molecule has 1 aromatic heterocycles. The van der Waals surface area contributed by atoms with Crippen molar-refractivity contribution in [2.75, 3.05) is 6.61 Å². The molecule has 1 N–H and O–H groups in total. The van der Waals surface area contributed by atoms with Crippen molar-refractivity contribution in [3.8, 4) is 11.1 Å². The Bertz CT molecular complexity index is 817. The normalized spacial score (nSPS) is 18.2. The molecular formula is C18H15F2NO. The van der Waals surface area contributed by atoms with Gasteiger partial charge in [-0.2, -0.15) is 0 Å². The van der Waals surface area contributed by atoms with Gasteiger partial charge in [0.2, 0.25) is 0 Å². The summed E-state index contributed by atoms with van der Waals surface area (Å²) in [7, 11) is 0. The molecule has 0 aliphatic carbocycles. The second-order valence-electron chi connectivity index (χ2n) is 5.61. The quantitative estimate of drug-likeness (QED) is 0.710. The third kappa shape index (κ3) is 2.11. The number of rotatable bonds is 2. The van der Waals surface area contributed by atoms with E-state index in [-0.39, 0.29) is 11.7 Å². The predicted molar refractivity (Wildman–Crippen MR) is 81.6 cm³/mol. The van der Waals surface area contributed by atoms with E-state index in [0.717, 1.165) is 25.0 Å². The summed E-state index contributed by atoms with van der Waals surface area (Å²) in [6.45, 7) is 0.778. The van der Waals surface area contributed by atoms with Crippen LogP contribution in [0.4, 0.5) is 8.78 Å². The number of H-pyrrole nitrogens is 1. The SMILES string of the molecule is Fc1cc2[nH]ccc2c(F)c1-c1ccc(C2CCCO2)cc1. The highest BCUT2D eigenvalue weighted by Gasteiger charge is 2.19. The second kappa shape index (κ2) is 5.21. The van der Waals surface area contributed by atoms with Gasteiger partial charge in [0.15, 0.2) is 0 Å². The van der Waals surface area contributed by atoms with Crippen LogP contribution in [0.15, 0.2) is 42.6 Å². The van der Waals surface area contributed by atoms with Crippen molar-refractivity contribution in [2.24, 2.45) is 0 Å². The second-order valence-corrected chi connectivity index (χ2v) is 5.61. The van der Waals surface area contributed by atoms with Crippen LogP contribution in [0.5, 0.6) is 0 Å². The van der Waals surface area contributed by atoms with Crippen LogP contribution in [0.3, 0.4) is 0 Å². The van der Waals surface area contributed by atoms with E-state index in [1.54, 1.807) is 24.4 Å². The van der Waals surface area contributed by atoms with E-state index in [0.29, 0.717) is 16.5 Å². The minimum atomic E-state index is -0.558. The lowest BCUT2D eigenvalue weighted by Crippen LogP contribution is -1.96. The maximum absolute atomic E-state index is 14.6. The molecule has 0 bridgehead atoms. The first-order chi connectivity index (χ1) is 10.7. The predicted octanol–water partition coefficient (Wildman–Crippen LogP) is 4.96. The van der Waals surface area contributed by atoms with E-state index in [1.807, 2.05) is 12.1 Å². The van der Waals surface area contributed by atoms with Gasteiger partial charge >= 0.3 is 0 Å². The number of fused-ring (bicyclic) bond motifs is 1. The van der Waals surface area contributed by atoms with Crippen LogP contribution in [0.1, 0.15) is 24.5 Å². The molecule has 4 rings (SSSR count). The first-order valence-electron chi connectivity index (χ1n) is 7.41. The van der Waals surface area contributed by atoms with Gasteiger partial charge in [-0.1, -0.05) is 24.3 Å². The fourth-order valence-electron chi connectivity index (χ4n) is 3.10. The summed E-state index contributed by atoms with van der Waals surface area (Å²) in [5, 5.41) is 0.402. The fourth-order valence-corrected chi connectivity index (χ4v) is 3.10. The Labute approximate surface area is 126 Å². The van der Waals surface area contributed by atoms with Crippen LogP contribution >= 0.6 is 0 Å². The molecule has 1 unspecified atom stereocenters. The third-order valence-corrected chi connectivity index (χ3v) is 4.25. The largest absolute Gasteiger partial charge is 0.374 e. The van der Waals surface area contributed by atoms with Gasteiger partial charge in [-0.3, -0.25) is 0 Å². The lowest BCUT2D eigenvalue weighted by Gasteiger charge is -2.11. The monoisotopic (exact) mass is 299 g/mol. The molecule has 2 aromatic carbocycles. The van der Waals surface area contributed by atoms with Crippen molar-refractivity contribution in [3.05, 3.63) is 59.8 Å². The van der Waals surface area contributed by atoms with Gasteiger partial charge in [-0.25, -0.2) is 8.78 Å². The number of nitrogens with one attached hydrogen (secondary N) is 1. The minimum absolute atomic E-state index is 0.0194. The zero-order valence-electron chi connectivity index (χ0n) is 11.9. The molecule has 1 fully saturated rings. The molecule has 1 saturated heterocycles. The van der Waals surface area contributed by atoms with E-state index < -0.39 is 11.6 Å². The zero-order valence-corrected chi connectivity index (χ0v) is 11.9. The van der Waals surface area contributed by atoms with Gasteiger partial charge in [-0.05, 0) is 36.1 Å². The number of halogens is 2. The Hall–Kier alpha value is -2.20. The molecule has 112 valence electrons. The summed E-state index contributed by atoms with van der Waals surface area (Å²) >= 11 is 0. The number of hydrogen-bond donors (Lipinski definition) is 1. The molecule has 0 radical (unpaired) electrons. The van der Waals surface area contributed by atoms with Crippen LogP contribution in [-0.2, 0) is 4.74 Å². The van der Waals surface area contributed by atoms with Crippen LogP contribution in [0.2, 0.25) is 0 Å². The smallest absolute Gasteiger partial charge is 0.143 e. The van der Waals surface area contributed by atoms with Gasteiger partial charge in [-0.15, -0.1) is 0 Å². The molecule has 0 saturated carbocycles. The van der Waals surface area contributed by atoms with Crippen LogP contribution in [0, 0.1) is 11.6 Å². The van der Waals surface area contributed by atoms with Crippen molar-refractivity contribution in [3.63, 3.8) is 0 Å². The van der Waals surface area contributed by atoms with E-state index >= 15 is 0 Å². The van der Waals surface area contributed by atoms with Gasteiger partial charge in [0.1, 0.15) is 11.6 Å². The summed E-state index contributed by atoms with van der Waals surface area (Å²) in [5.41, 5.74) is 2.09. The average Bonchev–Trinajstić information content (AvgIpc) is 3.19. The standard InChI is InChI=1S/C18H15F2NO/c19-14-10-15-13(7-8-21-15)18(20)17(14)12-5-3-11(4-6-12)16-2-1-9-22-16/h3-8,10,16,21H,1-2,9H2. The van der Waals surface area contributed by atoms with Gasteiger partial charge < -0.3 is 9.72 Å². The lowest BCUT2D eigenvalue weighted by atomic mass is 9.99. The van der Waals surface area contributed by atoms with Crippen molar-refractivity contribution < 1.29 is 13.5 Å². The van der Waals surface area contributed by atoms with Gasteiger partial charge in [0.05, 0.1) is 17.2 Å². The highest BCUT2D eigenvalue weighted by atomic mass is 19.1. The third-order valence-electron chi connectivity index (χ3n) is 4.25. The summed E-state index contributed by atoms with van der Waals surface area (Å²) in [6.07, 6.45) is 3.77. The van der Waals surface area contributed by atoms with Crippen molar-refractivity contribution >= 4 is 10.9 Å².